The predicted molar refractivity (Wildman–Crippen MR) is 219 cm³/mol. The second kappa shape index (κ2) is 12.2. The zero-order chi connectivity index (χ0) is 33.7. The lowest BCUT2D eigenvalue weighted by Gasteiger charge is -2.26. The Balaban J connectivity index is 1.16. The minimum Gasteiger partial charge on any atom is -0.310 e. The zero-order valence-electron chi connectivity index (χ0n) is 27.8. The van der Waals surface area contributed by atoms with Gasteiger partial charge in [0, 0.05) is 53.7 Å². The number of anilines is 3. The van der Waals surface area contributed by atoms with Gasteiger partial charge in [0.2, 0.25) is 0 Å². The van der Waals surface area contributed by atoms with Gasteiger partial charge in [-0.3, -0.25) is 0 Å². The SMILES string of the molecule is c1ccc(-c2ccc(N(c3ccc(-c4ccccc4)cc3)c3ccc4c5ccccc5n(-c5ccc6sc7ccccc7c6c5)c4c3)cc2)cc1. The lowest BCUT2D eigenvalue weighted by molar-refractivity contribution is 1.18. The highest BCUT2D eigenvalue weighted by Gasteiger charge is 2.18. The molecule has 0 amide bonds. The van der Waals surface area contributed by atoms with E-state index in [4.69, 9.17) is 0 Å². The monoisotopic (exact) mass is 668 g/mol. The average molecular weight is 669 g/mol. The van der Waals surface area contributed by atoms with Crippen LogP contribution in [-0.4, -0.2) is 4.57 Å². The summed E-state index contributed by atoms with van der Waals surface area (Å²) in [7, 11) is 0. The van der Waals surface area contributed by atoms with Gasteiger partial charge in [-0.2, -0.15) is 0 Å². The van der Waals surface area contributed by atoms with Crippen LogP contribution in [0.3, 0.4) is 0 Å². The average Bonchev–Trinajstić information content (AvgIpc) is 3.74. The van der Waals surface area contributed by atoms with E-state index in [-0.39, 0.29) is 0 Å². The van der Waals surface area contributed by atoms with Crippen molar-refractivity contribution in [3.05, 3.63) is 194 Å². The molecule has 0 aliphatic rings. The Hall–Kier alpha value is -6.42. The second-order valence-electron chi connectivity index (χ2n) is 13.0. The van der Waals surface area contributed by atoms with Crippen molar-refractivity contribution in [2.75, 3.05) is 4.90 Å². The molecular formula is C48H32N2S. The normalized spacial score (nSPS) is 11.5. The van der Waals surface area contributed by atoms with Crippen LogP contribution in [0.25, 0.3) is 69.9 Å². The Labute approximate surface area is 300 Å². The first-order valence-electron chi connectivity index (χ1n) is 17.3. The number of thiophene rings is 1. The van der Waals surface area contributed by atoms with Gasteiger partial charge < -0.3 is 9.47 Å². The Morgan fingerprint density at radius 2 is 0.843 bits per heavy atom. The minimum atomic E-state index is 1.11. The summed E-state index contributed by atoms with van der Waals surface area (Å²) in [5.74, 6) is 0. The highest BCUT2D eigenvalue weighted by Crippen LogP contribution is 2.42. The van der Waals surface area contributed by atoms with Crippen molar-refractivity contribution in [1.29, 1.82) is 0 Å². The van der Waals surface area contributed by atoms with Gasteiger partial charge in [0.1, 0.15) is 0 Å². The van der Waals surface area contributed by atoms with Crippen LogP contribution in [0.2, 0.25) is 0 Å². The first-order chi connectivity index (χ1) is 25.3. The van der Waals surface area contributed by atoms with Gasteiger partial charge in [-0.05, 0) is 89.0 Å². The zero-order valence-corrected chi connectivity index (χ0v) is 28.6. The lowest BCUT2D eigenvalue weighted by atomic mass is 10.0. The Morgan fingerprint density at radius 1 is 0.333 bits per heavy atom. The number of rotatable bonds is 6. The van der Waals surface area contributed by atoms with E-state index >= 15 is 0 Å². The molecule has 0 N–H and O–H groups in total. The molecular weight excluding hydrogens is 637 g/mol. The van der Waals surface area contributed by atoms with E-state index < -0.39 is 0 Å². The summed E-state index contributed by atoms with van der Waals surface area (Å²) in [5, 5.41) is 5.10. The van der Waals surface area contributed by atoms with Gasteiger partial charge >= 0.3 is 0 Å². The first-order valence-corrected chi connectivity index (χ1v) is 18.2. The summed E-state index contributed by atoms with van der Waals surface area (Å²) in [6.45, 7) is 0. The number of aromatic nitrogens is 1. The molecule has 10 rings (SSSR count). The van der Waals surface area contributed by atoms with Crippen LogP contribution in [0.1, 0.15) is 0 Å². The number of hydrogen-bond donors (Lipinski definition) is 0. The van der Waals surface area contributed by atoms with Gasteiger partial charge in [0.05, 0.1) is 11.0 Å². The molecule has 2 aromatic heterocycles. The molecule has 0 fully saturated rings. The van der Waals surface area contributed by atoms with Gasteiger partial charge in [0.25, 0.3) is 0 Å². The summed E-state index contributed by atoms with van der Waals surface area (Å²) < 4.78 is 5.07. The number of para-hydroxylation sites is 1. The molecule has 0 aliphatic carbocycles. The van der Waals surface area contributed by atoms with E-state index in [1.807, 2.05) is 11.3 Å². The molecule has 3 heteroatoms. The van der Waals surface area contributed by atoms with Gasteiger partial charge in [0.15, 0.2) is 0 Å². The predicted octanol–water partition coefficient (Wildman–Crippen LogP) is 14.0. The van der Waals surface area contributed by atoms with Crippen molar-refractivity contribution in [3.63, 3.8) is 0 Å². The maximum absolute atomic E-state index is 2.44. The molecule has 2 heterocycles. The molecule has 2 nitrogen and oxygen atoms in total. The minimum absolute atomic E-state index is 1.11. The van der Waals surface area contributed by atoms with Crippen LogP contribution >= 0.6 is 11.3 Å². The van der Waals surface area contributed by atoms with Crippen LogP contribution in [-0.2, 0) is 0 Å². The van der Waals surface area contributed by atoms with Crippen molar-refractivity contribution in [1.82, 2.24) is 4.57 Å². The van der Waals surface area contributed by atoms with Crippen molar-refractivity contribution in [2.45, 2.75) is 0 Å². The molecule has 0 atom stereocenters. The van der Waals surface area contributed by atoms with E-state index in [1.54, 1.807) is 0 Å². The molecule has 0 radical (unpaired) electrons. The smallest absolute Gasteiger partial charge is 0.0561 e. The summed E-state index contributed by atoms with van der Waals surface area (Å²) in [6, 6.07) is 70.4. The van der Waals surface area contributed by atoms with Gasteiger partial charge in [-0.25, -0.2) is 0 Å². The summed E-state index contributed by atoms with van der Waals surface area (Å²) in [6.07, 6.45) is 0. The molecule has 0 aliphatic heterocycles. The molecule has 0 spiro atoms. The summed E-state index contributed by atoms with van der Waals surface area (Å²) >= 11 is 1.86. The standard InChI is InChI=1S/C48H32N2S/c1-3-11-33(12-4-1)35-19-23-37(24-20-35)49(38-25-21-36(22-26-38)34-13-5-2-6-14-34)40-27-29-42-41-15-7-9-17-45(41)50(46(42)32-40)39-28-30-48-44(31-39)43-16-8-10-18-47(43)51-48/h1-32H. The molecule has 0 saturated carbocycles. The number of hydrogen-bond acceptors (Lipinski definition) is 2. The highest BCUT2D eigenvalue weighted by atomic mass is 32.1. The number of benzene rings is 8. The van der Waals surface area contributed by atoms with Crippen LogP contribution in [0.5, 0.6) is 0 Å². The van der Waals surface area contributed by atoms with E-state index in [0.29, 0.717) is 0 Å². The van der Waals surface area contributed by atoms with Crippen LogP contribution < -0.4 is 4.90 Å². The highest BCUT2D eigenvalue weighted by molar-refractivity contribution is 7.25. The lowest BCUT2D eigenvalue weighted by Crippen LogP contribution is -2.10. The van der Waals surface area contributed by atoms with E-state index in [2.05, 4.69) is 204 Å². The van der Waals surface area contributed by atoms with Crippen LogP contribution in [0.4, 0.5) is 17.1 Å². The molecule has 51 heavy (non-hydrogen) atoms. The maximum Gasteiger partial charge on any atom is 0.0561 e. The summed E-state index contributed by atoms with van der Waals surface area (Å²) in [5.41, 5.74) is 11.7. The van der Waals surface area contributed by atoms with E-state index in [1.165, 1.54) is 69.9 Å². The topological polar surface area (TPSA) is 8.17 Å². The second-order valence-corrected chi connectivity index (χ2v) is 14.1. The fourth-order valence-electron chi connectivity index (χ4n) is 7.54. The first kappa shape index (κ1) is 29.5. The van der Waals surface area contributed by atoms with Crippen molar-refractivity contribution < 1.29 is 0 Å². The van der Waals surface area contributed by atoms with Crippen molar-refractivity contribution >= 4 is 70.4 Å². The third-order valence-corrected chi connectivity index (χ3v) is 11.2. The molecule has 0 bridgehead atoms. The fraction of sp³-hybridized carbons (Fsp3) is 0. The Morgan fingerprint density at radius 3 is 1.51 bits per heavy atom. The fourth-order valence-corrected chi connectivity index (χ4v) is 8.63. The Kier molecular flexibility index (Phi) is 7.04. The Bertz CT molecular complexity index is 2750. The molecule has 240 valence electrons. The number of fused-ring (bicyclic) bond motifs is 6. The summed E-state index contributed by atoms with van der Waals surface area (Å²) in [4.78, 5) is 2.38. The molecule has 10 aromatic rings. The van der Waals surface area contributed by atoms with E-state index in [9.17, 15) is 0 Å². The third-order valence-electron chi connectivity index (χ3n) is 10.00. The number of nitrogens with zero attached hydrogens (tertiary/aromatic N) is 2. The third kappa shape index (κ3) is 5.10. The van der Waals surface area contributed by atoms with Crippen molar-refractivity contribution in [2.24, 2.45) is 0 Å². The van der Waals surface area contributed by atoms with E-state index in [0.717, 1.165) is 17.1 Å². The van der Waals surface area contributed by atoms with Crippen LogP contribution in [0, 0.1) is 0 Å². The van der Waals surface area contributed by atoms with Gasteiger partial charge in [-0.15, -0.1) is 11.3 Å². The molecule has 8 aromatic carbocycles. The van der Waals surface area contributed by atoms with Crippen LogP contribution in [0.15, 0.2) is 194 Å². The molecule has 0 unspecified atom stereocenters. The maximum atomic E-state index is 2.44. The quantitative estimate of drug-likeness (QED) is 0.171. The van der Waals surface area contributed by atoms with Gasteiger partial charge in [-0.1, -0.05) is 127 Å². The largest absolute Gasteiger partial charge is 0.310 e. The molecule has 0 saturated heterocycles. The van der Waals surface area contributed by atoms with Crippen molar-refractivity contribution in [3.8, 4) is 27.9 Å².